The largest absolute Gasteiger partial charge is 0.325 e. The maximum absolute atomic E-state index is 6.51. The first-order chi connectivity index (χ1) is 8.59. The second-order valence-electron chi connectivity index (χ2n) is 6.64. The Balaban J connectivity index is 1.68. The van der Waals surface area contributed by atoms with Crippen LogP contribution in [0.15, 0.2) is 0 Å². The summed E-state index contributed by atoms with van der Waals surface area (Å²) in [5.41, 5.74) is 6.67. The minimum absolute atomic E-state index is 0.160. The van der Waals surface area contributed by atoms with Crippen molar-refractivity contribution in [1.29, 1.82) is 0 Å². The summed E-state index contributed by atoms with van der Waals surface area (Å²) in [6, 6.07) is 0.700. The zero-order chi connectivity index (χ0) is 13.0. The highest BCUT2D eigenvalue weighted by Gasteiger charge is 2.28. The maximum Gasteiger partial charge on any atom is 0.0166 e. The van der Waals surface area contributed by atoms with Gasteiger partial charge in [0.15, 0.2) is 0 Å². The summed E-state index contributed by atoms with van der Waals surface area (Å²) >= 11 is 0. The number of hydrogen-bond donors (Lipinski definition) is 1. The summed E-state index contributed by atoms with van der Waals surface area (Å²) < 4.78 is 0. The van der Waals surface area contributed by atoms with Gasteiger partial charge >= 0.3 is 0 Å². The first kappa shape index (κ1) is 14.3. The van der Waals surface area contributed by atoms with Crippen LogP contribution in [0.5, 0.6) is 0 Å². The quantitative estimate of drug-likeness (QED) is 0.832. The molecule has 0 atom stereocenters. The van der Waals surface area contributed by atoms with Crippen LogP contribution >= 0.6 is 0 Å². The van der Waals surface area contributed by atoms with E-state index in [2.05, 4.69) is 23.6 Å². The molecular weight excluding hydrogens is 222 g/mol. The van der Waals surface area contributed by atoms with Crippen molar-refractivity contribution in [3.8, 4) is 0 Å². The Bertz CT molecular complexity index is 238. The molecule has 0 spiro atoms. The number of nitrogens with two attached hydrogens (primary N) is 1. The first-order valence-corrected chi connectivity index (χ1v) is 7.84. The molecule has 3 heteroatoms. The smallest absolute Gasteiger partial charge is 0.0166 e. The monoisotopic (exact) mass is 253 g/mol. The van der Waals surface area contributed by atoms with Gasteiger partial charge in [-0.05, 0) is 39.7 Å². The van der Waals surface area contributed by atoms with Crippen LogP contribution in [0.3, 0.4) is 0 Å². The van der Waals surface area contributed by atoms with E-state index in [0.717, 1.165) is 0 Å². The van der Waals surface area contributed by atoms with Gasteiger partial charge in [0.2, 0.25) is 0 Å². The normalized spacial score (nSPS) is 26.7. The highest BCUT2D eigenvalue weighted by Crippen LogP contribution is 2.28. The van der Waals surface area contributed by atoms with Gasteiger partial charge in [-0.15, -0.1) is 0 Å². The lowest BCUT2D eigenvalue weighted by Gasteiger charge is -2.39. The van der Waals surface area contributed by atoms with E-state index in [0.29, 0.717) is 6.04 Å². The van der Waals surface area contributed by atoms with E-state index in [1.807, 2.05) is 0 Å². The summed E-state index contributed by atoms with van der Waals surface area (Å²) in [4.78, 5) is 5.19. The molecular formula is C15H31N3. The summed E-state index contributed by atoms with van der Waals surface area (Å²) in [7, 11) is 0. The molecule has 0 aromatic rings. The van der Waals surface area contributed by atoms with Crippen LogP contribution < -0.4 is 5.73 Å². The Morgan fingerprint density at radius 3 is 2.17 bits per heavy atom. The van der Waals surface area contributed by atoms with E-state index in [1.54, 1.807) is 0 Å². The third-order valence-electron chi connectivity index (χ3n) is 4.91. The van der Waals surface area contributed by atoms with E-state index in [9.17, 15) is 0 Å². The fourth-order valence-corrected chi connectivity index (χ4v) is 3.39. The zero-order valence-electron chi connectivity index (χ0n) is 12.3. The zero-order valence-corrected chi connectivity index (χ0v) is 12.3. The second-order valence-corrected chi connectivity index (χ2v) is 6.64. The molecule has 1 saturated carbocycles. The molecule has 2 N–H and O–H groups in total. The highest BCUT2D eigenvalue weighted by atomic mass is 15.3. The van der Waals surface area contributed by atoms with E-state index < -0.39 is 0 Å². The summed E-state index contributed by atoms with van der Waals surface area (Å²) in [5, 5.41) is 0. The third-order valence-corrected chi connectivity index (χ3v) is 4.91. The fourth-order valence-electron chi connectivity index (χ4n) is 3.39. The highest BCUT2D eigenvalue weighted by molar-refractivity contribution is 4.88. The molecule has 1 heterocycles. The lowest BCUT2D eigenvalue weighted by Crippen LogP contribution is -2.51. The second kappa shape index (κ2) is 6.36. The molecule has 3 nitrogen and oxygen atoms in total. The predicted molar refractivity (Wildman–Crippen MR) is 77.8 cm³/mol. The van der Waals surface area contributed by atoms with Gasteiger partial charge in [0.05, 0.1) is 0 Å². The Morgan fingerprint density at radius 2 is 1.61 bits per heavy atom. The van der Waals surface area contributed by atoms with E-state index in [4.69, 9.17) is 5.73 Å². The van der Waals surface area contributed by atoms with Crippen molar-refractivity contribution >= 4 is 0 Å². The minimum atomic E-state index is 0.160. The molecule has 1 aliphatic carbocycles. The standard InChI is InChI=1S/C15H31N3/c1-14(2)18-12-10-17(11-13-18)9-8-15(16)6-4-3-5-7-15/h14H,3-13,16H2,1-2H3. The van der Waals surface area contributed by atoms with Gasteiger partial charge in [-0.25, -0.2) is 0 Å². The number of piperazine rings is 1. The molecule has 1 saturated heterocycles. The summed E-state index contributed by atoms with van der Waals surface area (Å²) in [6.45, 7) is 10.7. The molecule has 0 amide bonds. The molecule has 18 heavy (non-hydrogen) atoms. The molecule has 106 valence electrons. The molecule has 0 aromatic heterocycles. The Kier molecular flexibility index (Phi) is 5.05. The van der Waals surface area contributed by atoms with Gasteiger partial charge in [-0.1, -0.05) is 19.3 Å². The van der Waals surface area contributed by atoms with Crippen molar-refractivity contribution in [3.63, 3.8) is 0 Å². The lowest BCUT2D eigenvalue weighted by molar-refractivity contribution is 0.0990. The molecule has 2 rings (SSSR count). The van der Waals surface area contributed by atoms with Crippen LogP contribution in [-0.2, 0) is 0 Å². The topological polar surface area (TPSA) is 32.5 Å². The van der Waals surface area contributed by atoms with E-state index in [-0.39, 0.29) is 5.54 Å². The van der Waals surface area contributed by atoms with Crippen molar-refractivity contribution < 1.29 is 0 Å². The van der Waals surface area contributed by atoms with Crippen LogP contribution in [-0.4, -0.2) is 54.1 Å². The van der Waals surface area contributed by atoms with Gasteiger partial charge in [-0.2, -0.15) is 0 Å². The molecule has 2 fully saturated rings. The molecule has 0 unspecified atom stereocenters. The first-order valence-electron chi connectivity index (χ1n) is 7.84. The fraction of sp³-hybridized carbons (Fsp3) is 1.00. The number of nitrogens with zero attached hydrogens (tertiary/aromatic N) is 2. The van der Waals surface area contributed by atoms with E-state index in [1.165, 1.54) is 71.2 Å². The SMILES string of the molecule is CC(C)N1CCN(CCC2(N)CCCCC2)CC1. The Hall–Kier alpha value is -0.120. The van der Waals surface area contributed by atoms with Crippen molar-refractivity contribution in [3.05, 3.63) is 0 Å². The van der Waals surface area contributed by atoms with Crippen LogP contribution in [0.2, 0.25) is 0 Å². The molecule has 0 aromatic carbocycles. The van der Waals surface area contributed by atoms with Crippen LogP contribution in [0, 0.1) is 0 Å². The summed E-state index contributed by atoms with van der Waals surface area (Å²) in [6.07, 6.45) is 7.79. The number of hydrogen-bond acceptors (Lipinski definition) is 3. The molecule has 1 aliphatic heterocycles. The van der Waals surface area contributed by atoms with E-state index >= 15 is 0 Å². The Morgan fingerprint density at radius 1 is 1.00 bits per heavy atom. The molecule has 0 bridgehead atoms. The van der Waals surface area contributed by atoms with Gasteiger partial charge < -0.3 is 10.6 Å². The van der Waals surface area contributed by atoms with Crippen LogP contribution in [0.4, 0.5) is 0 Å². The van der Waals surface area contributed by atoms with Crippen molar-refractivity contribution in [1.82, 2.24) is 9.80 Å². The van der Waals surface area contributed by atoms with Gasteiger partial charge in [-0.3, -0.25) is 4.90 Å². The van der Waals surface area contributed by atoms with Crippen LogP contribution in [0.25, 0.3) is 0 Å². The Labute approximate surface area is 113 Å². The van der Waals surface area contributed by atoms with Crippen LogP contribution in [0.1, 0.15) is 52.4 Å². The third kappa shape index (κ3) is 3.94. The van der Waals surface area contributed by atoms with Crippen molar-refractivity contribution in [2.75, 3.05) is 32.7 Å². The van der Waals surface area contributed by atoms with Gasteiger partial charge in [0.1, 0.15) is 0 Å². The lowest BCUT2D eigenvalue weighted by atomic mass is 9.80. The van der Waals surface area contributed by atoms with Crippen molar-refractivity contribution in [2.24, 2.45) is 5.73 Å². The van der Waals surface area contributed by atoms with Gasteiger partial charge in [0, 0.05) is 37.8 Å². The average molecular weight is 253 g/mol. The molecule has 2 aliphatic rings. The predicted octanol–water partition coefficient (Wildman–Crippen LogP) is 2.06. The minimum Gasteiger partial charge on any atom is -0.325 e. The maximum atomic E-state index is 6.51. The van der Waals surface area contributed by atoms with Crippen molar-refractivity contribution in [2.45, 2.75) is 64.0 Å². The summed E-state index contributed by atoms with van der Waals surface area (Å²) in [5.74, 6) is 0. The number of rotatable bonds is 4. The average Bonchev–Trinajstić information content (AvgIpc) is 2.38. The molecule has 0 radical (unpaired) electrons. The van der Waals surface area contributed by atoms with Gasteiger partial charge in [0.25, 0.3) is 0 Å².